The van der Waals surface area contributed by atoms with Gasteiger partial charge in [0.1, 0.15) is 6.10 Å². The minimum atomic E-state index is -0.647. The van der Waals surface area contributed by atoms with Crippen molar-refractivity contribution >= 4 is 0 Å². The van der Waals surface area contributed by atoms with E-state index in [2.05, 4.69) is 4.98 Å². The van der Waals surface area contributed by atoms with E-state index in [9.17, 15) is 14.7 Å². The highest BCUT2D eigenvalue weighted by Crippen LogP contribution is 2.35. The monoisotopic (exact) mass is 298 g/mol. The van der Waals surface area contributed by atoms with Crippen molar-refractivity contribution in [3.63, 3.8) is 0 Å². The average molecular weight is 298 g/mol. The van der Waals surface area contributed by atoms with Gasteiger partial charge in [0.05, 0.1) is 12.7 Å². The molecule has 7 nitrogen and oxygen atoms in total. The van der Waals surface area contributed by atoms with Gasteiger partial charge < -0.3 is 14.6 Å². The summed E-state index contributed by atoms with van der Waals surface area (Å²) in [6, 6.07) is 0. The van der Waals surface area contributed by atoms with Crippen LogP contribution in [0.1, 0.15) is 32.1 Å². The van der Waals surface area contributed by atoms with Gasteiger partial charge >= 0.3 is 5.69 Å². The molecular weight excluding hydrogens is 276 g/mol. The Morgan fingerprint density at radius 1 is 1.48 bits per heavy atom. The Hall–Kier alpha value is -1.44. The van der Waals surface area contributed by atoms with Crippen LogP contribution in [-0.4, -0.2) is 40.1 Å². The maximum Gasteiger partial charge on any atom is 0.330 e. The summed E-state index contributed by atoms with van der Waals surface area (Å²) >= 11 is 0. The van der Waals surface area contributed by atoms with Crippen molar-refractivity contribution < 1.29 is 14.6 Å². The number of aliphatic hydroxyl groups is 1. The highest BCUT2D eigenvalue weighted by Gasteiger charge is 2.43. The Labute approximate surface area is 122 Å². The first-order chi connectivity index (χ1) is 9.99. The largest absolute Gasteiger partial charge is 0.394 e. The van der Waals surface area contributed by atoms with Crippen LogP contribution in [0.4, 0.5) is 0 Å². The summed E-state index contributed by atoms with van der Waals surface area (Å²) in [7, 11) is 0. The van der Waals surface area contributed by atoms with Gasteiger partial charge in [0, 0.05) is 24.3 Å². The van der Waals surface area contributed by atoms with Crippen molar-refractivity contribution in [1.82, 2.24) is 9.55 Å². The highest BCUT2D eigenvalue weighted by atomic mass is 16.6. The molecule has 4 atom stereocenters. The molecule has 0 spiro atoms. The van der Waals surface area contributed by atoms with E-state index in [1.54, 1.807) is 6.92 Å². The number of aromatic amines is 1. The summed E-state index contributed by atoms with van der Waals surface area (Å²) in [6.45, 7) is 5.95. The molecule has 2 N–H and O–H groups in total. The van der Waals surface area contributed by atoms with E-state index in [1.165, 1.54) is 10.8 Å². The van der Waals surface area contributed by atoms with Crippen LogP contribution in [0.25, 0.3) is 0 Å². The average Bonchev–Trinajstić information content (AvgIpc) is 2.77. The number of rotatable bonds is 5. The van der Waals surface area contributed by atoms with Gasteiger partial charge in [-0.2, -0.15) is 0 Å². The van der Waals surface area contributed by atoms with Crippen LogP contribution in [0.3, 0.4) is 0 Å². The zero-order valence-electron chi connectivity index (χ0n) is 12.5. The lowest BCUT2D eigenvalue weighted by Gasteiger charge is -2.23. The van der Waals surface area contributed by atoms with Gasteiger partial charge in [-0.1, -0.05) is 13.8 Å². The second-order valence-corrected chi connectivity index (χ2v) is 5.42. The number of hydrogen-bond acceptors (Lipinski definition) is 5. The van der Waals surface area contributed by atoms with E-state index in [0.29, 0.717) is 12.2 Å². The third kappa shape index (κ3) is 3.09. The van der Waals surface area contributed by atoms with Crippen molar-refractivity contribution in [3.8, 4) is 0 Å². The van der Waals surface area contributed by atoms with Crippen LogP contribution in [0.5, 0.6) is 0 Å². The van der Waals surface area contributed by atoms with Gasteiger partial charge in [0.15, 0.2) is 6.23 Å². The van der Waals surface area contributed by atoms with Gasteiger partial charge in [-0.25, -0.2) is 4.79 Å². The first kappa shape index (κ1) is 15.9. The normalized spacial score (nSPS) is 29.0. The van der Waals surface area contributed by atoms with Crippen LogP contribution in [0.15, 0.2) is 15.8 Å². The molecule has 1 saturated heterocycles. The van der Waals surface area contributed by atoms with E-state index in [-0.39, 0.29) is 18.6 Å². The first-order valence-electron chi connectivity index (χ1n) is 7.19. The zero-order chi connectivity index (χ0) is 15.6. The highest BCUT2D eigenvalue weighted by molar-refractivity contribution is 5.03. The lowest BCUT2D eigenvalue weighted by Crippen LogP contribution is -2.38. The van der Waals surface area contributed by atoms with Crippen LogP contribution in [0, 0.1) is 12.8 Å². The molecule has 0 amide bonds. The third-order valence-corrected chi connectivity index (χ3v) is 3.81. The number of aromatic nitrogens is 2. The Morgan fingerprint density at radius 3 is 2.81 bits per heavy atom. The van der Waals surface area contributed by atoms with E-state index in [1.807, 2.05) is 13.8 Å². The predicted molar refractivity (Wildman–Crippen MR) is 76.3 cm³/mol. The fourth-order valence-electron chi connectivity index (χ4n) is 2.55. The lowest BCUT2D eigenvalue weighted by molar-refractivity contribution is -0.0730. The maximum atomic E-state index is 12.0. The number of ether oxygens (including phenoxy) is 2. The zero-order valence-corrected chi connectivity index (χ0v) is 12.5. The summed E-state index contributed by atoms with van der Waals surface area (Å²) < 4.78 is 12.9. The molecule has 0 radical (unpaired) electrons. The van der Waals surface area contributed by atoms with Crippen LogP contribution in [-0.2, 0) is 9.47 Å². The Bertz CT molecular complexity index is 594. The standard InChI is InChI=1S/C14H22N2O5/c1-4-5-20-11-9(3)10(7-17)21-13(11)16-6-8(2)12(18)15-14(16)19/h6,9-11,13,17H,4-5,7H2,1-3H3,(H,15,18,19)/t9-,10-,11-,13-/m1/s1. The molecule has 7 heteroatoms. The molecule has 0 aromatic carbocycles. The van der Waals surface area contributed by atoms with Crippen LogP contribution >= 0.6 is 0 Å². The van der Waals surface area contributed by atoms with Crippen molar-refractivity contribution in [2.24, 2.45) is 5.92 Å². The molecule has 0 saturated carbocycles. The summed E-state index contributed by atoms with van der Waals surface area (Å²) in [5.41, 5.74) is -0.522. The number of aliphatic hydroxyl groups excluding tert-OH is 1. The SMILES string of the molecule is CCCO[C@@H]1[C@H](C)[C@@H](CO)O[C@H]1n1cc(C)c(=O)[nH]c1=O. The molecule has 0 bridgehead atoms. The van der Waals surface area contributed by atoms with Gasteiger partial charge in [-0.05, 0) is 13.3 Å². The molecule has 1 aromatic rings. The van der Waals surface area contributed by atoms with Gasteiger partial charge in [-0.15, -0.1) is 0 Å². The molecule has 118 valence electrons. The topological polar surface area (TPSA) is 93.5 Å². The van der Waals surface area contributed by atoms with Crippen LogP contribution < -0.4 is 11.2 Å². The van der Waals surface area contributed by atoms with Crippen molar-refractivity contribution in [2.75, 3.05) is 13.2 Å². The molecule has 1 aliphatic heterocycles. The number of aryl methyl sites for hydroxylation is 1. The van der Waals surface area contributed by atoms with Gasteiger partial charge in [0.25, 0.3) is 5.56 Å². The summed E-state index contributed by atoms with van der Waals surface area (Å²) in [5.74, 6) is -0.0503. The molecule has 2 rings (SSSR count). The van der Waals surface area contributed by atoms with Crippen LogP contribution in [0.2, 0.25) is 0 Å². The molecule has 0 unspecified atom stereocenters. The Morgan fingerprint density at radius 2 is 2.19 bits per heavy atom. The smallest absolute Gasteiger partial charge is 0.330 e. The number of hydrogen-bond donors (Lipinski definition) is 2. The Balaban J connectivity index is 2.37. The minimum absolute atomic E-state index is 0.0503. The second kappa shape index (κ2) is 6.55. The predicted octanol–water partition coefficient (Wildman–Crippen LogP) is 0.166. The quantitative estimate of drug-likeness (QED) is 0.808. The van der Waals surface area contributed by atoms with Gasteiger partial charge in [-0.3, -0.25) is 14.3 Å². The second-order valence-electron chi connectivity index (χ2n) is 5.42. The first-order valence-corrected chi connectivity index (χ1v) is 7.19. The fourth-order valence-corrected chi connectivity index (χ4v) is 2.55. The minimum Gasteiger partial charge on any atom is -0.394 e. The molecular formula is C14H22N2O5. The van der Waals surface area contributed by atoms with Gasteiger partial charge in [0.2, 0.25) is 0 Å². The third-order valence-electron chi connectivity index (χ3n) is 3.81. The number of H-pyrrole nitrogens is 1. The molecule has 1 aliphatic rings. The molecule has 2 heterocycles. The van der Waals surface area contributed by atoms with E-state index >= 15 is 0 Å². The molecule has 21 heavy (non-hydrogen) atoms. The summed E-state index contributed by atoms with van der Waals surface area (Å²) in [4.78, 5) is 25.7. The molecule has 0 aliphatic carbocycles. The van der Waals surface area contributed by atoms with Crippen molar-refractivity contribution in [3.05, 3.63) is 32.6 Å². The molecule has 1 aromatic heterocycles. The molecule has 1 fully saturated rings. The van der Waals surface area contributed by atoms with E-state index < -0.39 is 23.6 Å². The summed E-state index contributed by atoms with van der Waals surface area (Å²) in [6.07, 6.45) is 0.938. The summed E-state index contributed by atoms with van der Waals surface area (Å²) in [5, 5.41) is 9.39. The fraction of sp³-hybridized carbons (Fsp3) is 0.714. The maximum absolute atomic E-state index is 12.0. The lowest BCUT2D eigenvalue weighted by atomic mass is 10.0. The number of nitrogens with one attached hydrogen (secondary N) is 1. The van der Waals surface area contributed by atoms with E-state index in [4.69, 9.17) is 9.47 Å². The van der Waals surface area contributed by atoms with E-state index in [0.717, 1.165) is 6.42 Å². The Kier molecular flexibility index (Phi) is 4.97. The van der Waals surface area contributed by atoms with Crippen molar-refractivity contribution in [2.45, 2.75) is 45.6 Å². The van der Waals surface area contributed by atoms with Crippen molar-refractivity contribution in [1.29, 1.82) is 0 Å². The number of nitrogens with zero attached hydrogens (tertiary/aromatic N) is 1.